The number of hydrogen-bond donors (Lipinski definition) is 0. The zero-order chi connectivity index (χ0) is 15.8. The van der Waals surface area contributed by atoms with Crippen molar-refractivity contribution in [3.05, 3.63) is 42.5 Å². The van der Waals surface area contributed by atoms with E-state index in [1.54, 1.807) is 30.9 Å². The molecule has 0 bridgehead atoms. The summed E-state index contributed by atoms with van der Waals surface area (Å²) in [7, 11) is 0. The molecule has 96 valence electrons. The minimum absolute atomic E-state index is 0.547. The normalized spacial score (nSPS) is 15.9. The quantitative estimate of drug-likeness (QED) is 0.403. The predicted molar refractivity (Wildman–Crippen MR) is 73.0 cm³/mol. The van der Waals surface area contributed by atoms with Crippen molar-refractivity contribution in [2.75, 3.05) is 0 Å². The van der Waals surface area contributed by atoms with E-state index >= 15 is 0 Å². The van der Waals surface area contributed by atoms with Gasteiger partial charge in [0.25, 0.3) is 5.89 Å². The molecule has 1 aliphatic heterocycles. The second-order valence-electron chi connectivity index (χ2n) is 4.91. The van der Waals surface area contributed by atoms with Gasteiger partial charge in [0.05, 0.1) is 28.2 Å². The van der Waals surface area contributed by atoms with E-state index in [2.05, 4.69) is 9.97 Å². The fraction of sp³-hybridized carbons (Fsp3) is 0.133. The van der Waals surface area contributed by atoms with Crippen LogP contribution in [0.15, 0.2) is 41.3 Å². The van der Waals surface area contributed by atoms with Crippen LogP contribution >= 0.6 is 0 Å². The Bertz CT molecular complexity index is 1090. The maximum absolute atomic E-state index is 7.92. The Kier molecular flexibility index (Phi) is 1.27. The standard InChI is InChI=1S/C15H11N4O/c1-18-12-7-17-5-3-11(12)13-14(18)19-8-9-6-16-4-2-10(9)15(19)20-13/h2-7H,8H2,1H3/q+1/i1D3. The lowest BCUT2D eigenvalue weighted by Crippen LogP contribution is -2.32. The molecule has 0 fully saturated rings. The van der Waals surface area contributed by atoms with E-state index in [-0.39, 0.29) is 0 Å². The van der Waals surface area contributed by atoms with Gasteiger partial charge in [0, 0.05) is 24.2 Å². The van der Waals surface area contributed by atoms with E-state index in [1.165, 1.54) is 4.57 Å². The Morgan fingerprint density at radius 3 is 3.15 bits per heavy atom. The molecule has 1 aliphatic rings. The van der Waals surface area contributed by atoms with E-state index in [1.807, 2.05) is 10.6 Å². The Hall–Kier alpha value is -2.69. The zero-order valence-electron chi connectivity index (χ0n) is 13.4. The van der Waals surface area contributed by atoms with Crippen LogP contribution in [0.5, 0.6) is 0 Å². The van der Waals surface area contributed by atoms with Crippen molar-refractivity contribution in [1.82, 2.24) is 14.5 Å². The van der Waals surface area contributed by atoms with E-state index in [0.717, 1.165) is 16.5 Å². The number of nitrogens with zero attached hydrogens (tertiary/aromatic N) is 4. The van der Waals surface area contributed by atoms with E-state index in [0.29, 0.717) is 29.2 Å². The van der Waals surface area contributed by atoms with Gasteiger partial charge in [-0.25, -0.2) is 4.57 Å². The number of aromatic nitrogens is 4. The summed E-state index contributed by atoms with van der Waals surface area (Å²) < 4.78 is 33.0. The van der Waals surface area contributed by atoms with Gasteiger partial charge in [0.1, 0.15) is 6.54 Å². The van der Waals surface area contributed by atoms with Crippen molar-refractivity contribution >= 4 is 22.1 Å². The Morgan fingerprint density at radius 1 is 1.30 bits per heavy atom. The van der Waals surface area contributed by atoms with Gasteiger partial charge in [0.2, 0.25) is 5.58 Å². The van der Waals surface area contributed by atoms with Crippen LogP contribution < -0.4 is 4.57 Å². The first kappa shape index (κ1) is 7.79. The summed E-state index contributed by atoms with van der Waals surface area (Å²) in [5.41, 5.74) is 3.66. The maximum Gasteiger partial charge on any atom is 0.329 e. The van der Waals surface area contributed by atoms with Crippen LogP contribution in [0.25, 0.3) is 33.6 Å². The third-order valence-corrected chi connectivity index (χ3v) is 3.86. The molecule has 4 aromatic heterocycles. The Labute approximate surface area is 118 Å². The fourth-order valence-electron chi connectivity index (χ4n) is 2.96. The smallest absolute Gasteiger partial charge is 0.329 e. The summed E-state index contributed by atoms with van der Waals surface area (Å²) in [6.45, 7) is -1.77. The Morgan fingerprint density at radius 2 is 2.20 bits per heavy atom. The van der Waals surface area contributed by atoms with Crippen LogP contribution in [-0.4, -0.2) is 14.5 Å². The molecular weight excluding hydrogens is 252 g/mol. The summed E-state index contributed by atoms with van der Waals surface area (Å²) in [6, 6.07) is 3.67. The van der Waals surface area contributed by atoms with Gasteiger partial charge in [-0.15, -0.1) is 0 Å². The average Bonchev–Trinajstić information content (AvgIpc) is 3.13. The van der Waals surface area contributed by atoms with Crippen molar-refractivity contribution < 1.29 is 13.1 Å². The lowest BCUT2D eigenvalue weighted by molar-refractivity contribution is -0.652. The predicted octanol–water partition coefficient (Wildman–Crippen LogP) is 2.03. The molecule has 5 nitrogen and oxygen atoms in total. The summed E-state index contributed by atoms with van der Waals surface area (Å²) in [4.78, 5) is 8.19. The molecule has 0 N–H and O–H groups in total. The highest BCUT2D eigenvalue weighted by Crippen LogP contribution is 2.34. The molecule has 0 unspecified atom stereocenters. The number of oxazole rings is 1. The largest absolute Gasteiger partial charge is 0.413 e. The SMILES string of the molecule is [2H]C([2H])([2H])n1c2cnccc2c2oc3[n+](c21)Cc1cnccc1-3. The van der Waals surface area contributed by atoms with Crippen molar-refractivity contribution in [3.63, 3.8) is 0 Å². The molecule has 5 heterocycles. The third kappa shape index (κ3) is 1.02. The molecule has 0 amide bonds. The van der Waals surface area contributed by atoms with Gasteiger partial charge < -0.3 is 4.42 Å². The highest BCUT2D eigenvalue weighted by molar-refractivity contribution is 6.02. The first-order valence-corrected chi connectivity index (χ1v) is 6.30. The maximum atomic E-state index is 7.92. The van der Waals surface area contributed by atoms with Crippen LogP contribution in [0.4, 0.5) is 0 Å². The highest BCUT2D eigenvalue weighted by Gasteiger charge is 2.34. The van der Waals surface area contributed by atoms with Crippen molar-refractivity contribution in [1.29, 1.82) is 0 Å². The first-order chi connectivity index (χ1) is 11.1. The van der Waals surface area contributed by atoms with Crippen LogP contribution in [0, 0.1) is 0 Å². The molecule has 0 aliphatic carbocycles. The molecule has 0 saturated heterocycles. The fourth-order valence-corrected chi connectivity index (χ4v) is 2.96. The van der Waals surface area contributed by atoms with Gasteiger partial charge in [-0.2, -0.15) is 4.57 Å². The van der Waals surface area contributed by atoms with Crippen molar-refractivity contribution in [2.24, 2.45) is 6.98 Å². The number of pyridine rings is 2. The molecule has 0 radical (unpaired) electrons. The molecule has 0 atom stereocenters. The van der Waals surface area contributed by atoms with Gasteiger partial charge in [-0.3, -0.25) is 9.97 Å². The van der Waals surface area contributed by atoms with Gasteiger partial charge in [-0.1, -0.05) is 0 Å². The van der Waals surface area contributed by atoms with Gasteiger partial charge >= 0.3 is 5.65 Å². The minimum atomic E-state index is -2.32. The van der Waals surface area contributed by atoms with E-state index in [4.69, 9.17) is 8.53 Å². The summed E-state index contributed by atoms with van der Waals surface area (Å²) in [6.07, 6.45) is 6.70. The lowest BCUT2D eigenvalue weighted by atomic mass is 10.2. The van der Waals surface area contributed by atoms with Gasteiger partial charge in [-0.05, 0) is 12.1 Å². The lowest BCUT2D eigenvalue weighted by Gasteiger charge is -1.91. The molecule has 0 saturated carbocycles. The van der Waals surface area contributed by atoms with Gasteiger partial charge in [0.15, 0.2) is 5.52 Å². The molecule has 0 aromatic carbocycles. The summed E-state index contributed by atoms with van der Waals surface area (Å²) in [5, 5.41) is 0.753. The topological polar surface area (TPSA) is 47.7 Å². The number of fused-ring (bicyclic) bond motifs is 7. The molecule has 5 heteroatoms. The minimum Gasteiger partial charge on any atom is -0.413 e. The molecule has 4 aromatic rings. The van der Waals surface area contributed by atoms with Crippen LogP contribution in [0.2, 0.25) is 0 Å². The average molecular weight is 266 g/mol. The highest BCUT2D eigenvalue weighted by atomic mass is 16.4. The first-order valence-electron chi connectivity index (χ1n) is 7.80. The van der Waals surface area contributed by atoms with Crippen molar-refractivity contribution in [3.8, 4) is 11.5 Å². The van der Waals surface area contributed by atoms with Crippen LogP contribution in [0.1, 0.15) is 9.68 Å². The second-order valence-corrected chi connectivity index (χ2v) is 4.91. The molecular formula is C15H11N4O+. The summed E-state index contributed by atoms with van der Waals surface area (Å²) in [5.74, 6) is 0.670. The Balaban J connectivity index is 1.97. The molecule has 5 rings (SSSR count). The molecule has 20 heavy (non-hydrogen) atoms. The van der Waals surface area contributed by atoms with Crippen LogP contribution in [-0.2, 0) is 13.5 Å². The summed E-state index contributed by atoms with van der Waals surface area (Å²) >= 11 is 0. The van der Waals surface area contributed by atoms with E-state index in [9.17, 15) is 0 Å². The number of hydrogen-bond acceptors (Lipinski definition) is 3. The zero-order valence-corrected chi connectivity index (χ0v) is 10.4. The van der Waals surface area contributed by atoms with Crippen LogP contribution in [0.3, 0.4) is 0 Å². The second kappa shape index (κ2) is 3.25. The van der Waals surface area contributed by atoms with Crippen molar-refractivity contribution in [2.45, 2.75) is 6.54 Å². The third-order valence-electron chi connectivity index (χ3n) is 3.86. The number of rotatable bonds is 0. The molecule has 0 spiro atoms. The van der Waals surface area contributed by atoms with E-state index < -0.39 is 6.98 Å². The monoisotopic (exact) mass is 266 g/mol. The number of aryl methyl sites for hydroxylation is 1.